The van der Waals surface area contributed by atoms with Gasteiger partial charge in [-0.15, -0.1) is 0 Å². The Morgan fingerprint density at radius 2 is 1.83 bits per heavy atom. The van der Waals surface area contributed by atoms with Gasteiger partial charge in [0.1, 0.15) is 11.5 Å². The molecule has 5 rings (SSSR count). The fourth-order valence-electron chi connectivity index (χ4n) is 2.90. The van der Waals surface area contributed by atoms with Gasteiger partial charge in [0, 0.05) is 36.3 Å². The highest BCUT2D eigenvalue weighted by molar-refractivity contribution is 5.47. The second-order valence-electron chi connectivity index (χ2n) is 6.32. The number of rotatable bonds is 5. The number of hydrogen-bond donors (Lipinski definition) is 0. The van der Waals surface area contributed by atoms with Crippen LogP contribution in [0.2, 0.25) is 0 Å². The molecule has 0 saturated heterocycles. The Hall–Kier alpha value is -4.07. The maximum atomic E-state index is 5.87. The molecule has 8 heteroatoms. The third kappa shape index (κ3) is 3.68. The molecule has 4 aromatic rings. The van der Waals surface area contributed by atoms with Gasteiger partial charge >= 0.3 is 6.01 Å². The van der Waals surface area contributed by atoms with Crippen molar-refractivity contribution in [3.05, 3.63) is 72.9 Å². The van der Waals surface area contributed by atoms with Crippen molar-refractivity contribution < 1.29 is 18.9 Å². The zero-order valence-corrected chi connectivity index (χ0v) is 15.5. The molecular weight excluding hydrogens is 372 g/mol. The maximum Gasteiger partial charge on any atom is 0.325 e. The fraction of sp³-hybridized carbons (Fsp3) is 0.0952. The molecule has 0 atom stereocenters. The number of hydrogen-bond acceptors (Lipinski definition) is 7. The van der Waals surface area contributed by atoms with Gasteiger partial charge in [0.2, 0.25) is 12.7 Å². The monoisotopic (exact) mass is 388 g/mol. The number of nitrogens with zero attached hydrogens (tertiary/aromatic N) is 4. The predicted octanol–water partition coefficient (Wildman–Crippen LogP) is 4.28. The van der Waals surface area contributed by atoms with Crippen molar-refractivity contribution in [1.29, 1.82) is 0 Å². The van der Waals surface area contributed by atoms with Crippen molar-refractivity contribution >= 4 is 0 Å². The lowest BCUT2D eigenvalue weighted by Gasteiger charge is -2.10. The summed E-state index contributed by atoms with van der Waals surface area (Å²) in [6, 6.07) is 14.9. The predicted molar refractivity (Wildman–Crippen MR) is 103 cm³/mol. The summed E-state index contributed by atoms with van der Waals surface area (Å²) in [5.74, 6) is 2.90. The average Bonchev–Trinajstić information content (AvgIpc) is 3.39. The number of aryl methyl sites for hydroxylation is 1. The molecular formula is C21H16N4O4. The molecule has 0 saturated carbocycles. The minimum Gasteiger partial charge on any atom is -0.454 e. The highest BCUT2D eigenvalue weighted by Crippen LogP contribution is 2.36. The van der Waals surface area contributed by atoms with Gasteiger partial charge in [-0.25, -0.2) is 4.98 Å². The van der Waals surface area contributed by atoms with Crippen LogP contribution in [0.25, 0.3) is 5.69 Å². The number of benzene rings is 2. The molecule has 3 heterocycles. The summed E-state index contributed by atoms with van der Waals surface area (Å²) in [4.78, 5) is 12.8. The van der Waals surface area contributed by atoms with E-state index in [-0.39, 0.29) is 12.8 Å². The van der Waals surface area contributed by atoms with Crippen LogP contribution in [-0.4, -0.2) is 26.3 Å². The van der Waals surface area contributed by atoms with Gasteiger partial charge in [-0.3, -0.25) is 0 Å². The van der Waals surface area contributed by atoms with Gasteiger partial charge in [-0.05, 0) is 31.2 Å². The molecule has 1 aliphatic heterocycles. The maximum absolute atomic E-state index is 5.87. The zero-order valence-electron chi connectivity index (χ0n) is 15.5. The zero-order chi connectivity index (χ0) is 19.6. The fourth-order valence-corrected chi connectivity index (χ4v) is 2.90. The van der Waals surface area contributed by atoms with E-state index >= 15 is 0 Å². The average molecular weight is 388 g/mol. The van der Waals surface area contributed by atoms with E-state index in [1.807, 2.05) is 42.0 Å². The van der Waals surface area contributed by atoms with Crippen molar-refractivity contribution in [3.8, 4) is 40.6 Å². The van der Waals surface area contributed by atoms with E-state index in [2.05, 4.69) is 15.0 Å². The van der Waals surface area contributed by atoms with Crippen LogP contribution in [0, 0.1) is 6.92 Å². The third-order valence-electron chi connectivity index (χ3n) is 4.21. The van der Waals surface area contributed by atoms with E-state index < -0.39 is 0 Å². The first-order valence-electron chi connectivity index (χ1n) is 8.92. The molecule has 2 aromatic heterocycles. The van der Waals surface area contributed by atoms with Crippen LogP contribution in [0.3, 0.4) is 0 Å². The highest BCUT2D eigenvalue weighted by Gasteiger charge is 2.15. The smallest absolute Gasteiger partial charge is 0.325 e. The van der Waals surface area contributed by atoms with Gasteiger partial charge in [0.05, 0.1) is 12.0 Å². The number of imidazole rings is 1. The number of fused-ring (bicyclic) bond motifs is 1. The largest absolute Gasteiger partial charge is 0.454 e. The molecule has 0 bridgehead atoms. The molecule has 0 fully saturated rings. The van der Waals surface area contributed by atoms with Crippen LogP contribution in [0.1, 0.15) is 5.69 Å². The second-order valence-corrected chi connectivity index (χ2v) is 6.32. The SMILES string of the molecule is Cc1cc(Oc2ccc3c(c2)OCO3)nc(Oc2cccc(-n3ccnc3)c2)n1. The summed E-state index contributed by atoms with van der Waals surface area (Å²) >= 11 is 0. The number of ether oxygens (including phenoxy) is 4. The molecule has 1 aliphatic rings. The summed E-state index contributed by atoms with van der Waals surface area (Å²) < 4.78 is 24.3. The minimum atomic E-state index is 0.198. The summed E-state index contributed by atoms with van der Waals surface area (Å²) in [6.45, 7) is 2.06. The molecule has 29 heavy (non-hydrogen) atoms. The van der Waals surface area contributed by atoms with Crippen LogP contribution in [0.4, 0.5) is 0 Å². The van der Waals surface area contributed by atoms with Crippen LogP contribution < -0.4 is 18.9 Å². The van der Waals surface area contributed by atoms with Crippen molar-refractivity contribution in [1.82, 2.24) is 19.5 Å². The van der Waals surface area contributed by atoms with Crippen molar-refractivity contribution in [2.75, 3.05) is 6.79 Å². The summed E-state index contributed by atoms with van der Waals surface area (Å²) in [5.41, 5.74) is 1.64. The second kappa shape index (κ2) is 7.16. The molecule has 144 valence electrons. The van der Waals surface area contributed by atoms with Gasteiger partial charge in [0.25, 0.3) is 0 Å². The van der Waals surface area contributed by atoms with Gasteiger partial charge in [0.15, 0.2) is 11.5 Å². The Morgan fingerprint density at radius 1 is 0.931 bits per heavy atom. The Kier molecular flexibility index (Phi) is 4.21. The van der Waals surface area contributed by atoms with E-state index in [1.54, 1.807) is 36.8 Å². The molecule has 0 amide bonds. The molecule has 8 nitrogen and oxygen atoms in total. The van der Waals surface area contributed by atoms with Crippen LogP contribution in [0.5, 0.6) is 34.9 Å². The molecule has 0 spiro atoms. The van der Waals surface area contributed by atoms with Crippen molar-refractivity contribution in [3.63, 3.8) is 0 Å². The van der Waals surface area contributed by atoms with Crippen LogP contribution in [-0.2, 0) is 0 Å². The lowest BCUT2D eigenvalue weighted by atomic mass is 10.3. The van der Waals surface area contributed by atoms with E-state index in [0.29, 0.717) is 28.9 Å². The van der Waals surface area contributed by atoms with Gasteiger partial charge in [-0.2, -0.15) is 9.97 Å². The van der Waals surface area contributed by atoms with E-state index in [9.17, 15) is 0 Å². The Labute approximate surface area is 166 Å². The third-order valence-corrected chi connectivity index (χ3v) is 4.21. The minimum absolute atomic E-state index is 0.198. The summed E-state index contributed by atoms with van der Waals surface area (Å²) in [6.07, 6.45) is 5.30. The topological polar surface area (TPSA) is 80.5 Å². The Balaban J connectivity index is 1.38. The van der Waals surface area contributed by atoms with E-state index in [0.717, 1.165) is 11.4 Å². The van der Waals surface area contributed by atoms with Crippen molar-refractivity contribution in [2.24, 2.45) is 0 Å². The standard InChI is InChI=1S/C21H16N4O4/c1-14-9-20(28-17-5-6-18-19(11-17)27-13-26-18)24-21(23-14)29-16-4-2-3-15(10-16)25-8-7-22-12-25/h2-12H,13H2,1H3. The lowest BCUT2D eigenvalue weighted by molar-refractivity contribution is 0.174. The molecule has 0 radical (unpaired) electrons. The molecule has 2 aromatic carbocycles. The Bertz CT molecular complexity index is 1160. The molecule has 0 unspecified atom stereocenters. The summed E-state index contributed by atoms with van der Waals surface area (Å²) in [5, 5.41) is 0. The summed E-state index contributed by atoms with van der Waals surface area (Å²) in [7, 11) is 0. The van der Waals surface area contributed by atoms with E-state index in [4.69, 9.17) is 18.9 Å². The quantitative estimate of drug-likeness (QED) is 0.505. The van der Waals surface area contributed by atoms with Crippen LogP contribution in [0.15, 0.2) is 67.3 Å². The Morgan fingerprint density at radius 3 is 2.72 bits per heavy atom. The van der Waals surface area contributed by atoms with E-state index in [1.165, 1.54) is 0 Å². The van der Waals surface area contributed by atoms with Gasteiger partial charge in [-0.1, -0.05) is 6.07 Å². The normalized spacial score (nSPS) is 12.0. The van der Waals surface area contributed by atoms with Crippen LogP contribution >= 0.6 is 0 Å². The van der Waals surface area contributed by atoms with Crippen molar-refractivity contribution in [2.45, 2.75) is 6.92 Å². The lowest BCUT2D eigenvalue weighted by Crippen LogP contribution is -1.98. The highest BCUT2D eigenvalue weighted by atomic mass is 16.7. The molecule has 0 aliphatic carbocycles. The van der Waals surface area contributed by atoms with Gasteiger partial charge < -0.3 is 23.5 Å². The first kappa shape index (κ1) is 17.1. The first-order chi connectivity index (χ1) is 14.2. The number of aromatic nitrogens is 4. The molecule has 0 N–H and O–H groups in total. The first-order valence-corrected chi connectivity index (χ1v) is 8.92.